The summed E-state index contributed by atoms with van der Waals surface area (Å²) in [4.78, 5) is 16.2. The van der Waals surface area contributed by atoms with E-state index in [1.165, 1.54) is 0 Å². The molecule has 0 bridgehead atoms. The van der Waals surface area contributed by atoms with Gasteiger partial charge in [-0.2, -0.15) is 0 Å². The predicted molar refractivity (Wildman–Crippen MR) is 71.0 cm³/mol. The van der Waals surface area contributed by atoms with Crippen LogP contribution in [0.3, 0.4) is 0 Å². The highest BCUT2D eigenvalue weighted by Crippen LogP contribution is 2.19. The fourth-order valence-electron chi connectivity index (χ4n) is 2.34. The number of carbonyl (C=O) groups excluding carboxylic acids is 1. The Hall–Kier alpha value is -0.610. The van der Waals surface area contributed by atoms with Crippen LogP contribution in [-0.4, -0.2) is 61.5 Å². The second kappa shape index (κ2) is 6.36. The Morgan fingerprint density at radius 3 is 2.59 bits per heavy atom. The number of hydrogen-bond acceptors (Lipinski definition) is 3. The molecule has 1 fully saturated rings. The summed E-state index contributed by atoms with van der Waals surface area (Å²) < 4.78 is 0. The second-order valence-electron chi connectivity index (χ2n) is 5.50. The smallest absolute Gasteiger partial charge is 0.236 e. The zero-order valence-corrected chi connectivity index (χ0v) is 11.9. The highest BCUT2D eigenvalue weighted by atomic mass is 16.2. The van der Waals surface area contributed by atoms with Crippen molar-refractivity contribution in [2.24, 2.45) is 5.92 Å². The highest BCUT2D eigenvalue weighted by Gasteiger charge is 2.33. The van der Waals surface area contributed by atoms with E-state index in [0.717, 1.165) is 19.5 Å². The summed E-state index contributed by atoms with van der Waals surface area (Å²) in [5.41, 5.74) is 0. The number of amides is 1. The molecule has 0 aromatic carbocycles. The van der Waals surface area contributed by atoms with Gasteiger partial charge in [0.1, 0.15) is 0 Å². The summed E-state index contributed by atoms with van der Waals surface area (Å²) in [6.07, 6.45) is 1.06. The van der Waals surface area contributed by atoms with Crippen LogP contribution < -0.4 is 5.32 Å². The van der Waals surface area contributed by atoms with E-state index in [0.29, 0.717) is 24.5 Å². The molecule has 17 heavy (non-hydrogen) atoms. The average Bonchev–Trinajstić information content (AvgIpc) is 2.67. The number of nitrogens with zero attached hydrogens (tertiary/aromatic N) is 2. The molecule has 1 amide bonds. The third-order valence-electron chi connectivity index (χ3n) is 3.80. The molecule has 3 atom stereocenters. The minimum absolute atomic E-state index is 0.238. The van der Waals surface area contributed by atoms with Gasteiger partial charge in [0.2, 0.25) is 5.91 Å². The van der Waals surface area contributed by atoms with Crippen molar-refractivity contribution in [3.63, 3.8) is 0 Å². The fraction of sp³-hybridized carbons (Fsp3) is 0.923. The maximum Gasteiger partial charge on any atom is 0.236 e. The molecule has 1 saturated heterocycles. The van der Waals surface area contributed by atoms with E-state index in [1.54, 1.807) is 0 Å². The molecule has 0 aromatic heterocycles. The van der Waals surface area contributed by atoms with Crippen LogP contribution in [0.15, 0.2) is 0 Å². The largest absolute Gasteiger partial charge is 0.340 e. The topological polar surface area (TPSA) is 35.6 Å². The number of carbonyl (C=O) groups is 1. The van der Waals surface area contributed by atoms with Crippen LogP contribution in [0.25, 0.3) is 0 Å². The molecule has 0 aliphatic carbocycles. The molecule has 3 unspecified atom stereocenters. The van der Waals surface area contributed by atoms with E-state index in [1.807, 2.05) is 4.90 Å². The zero-order chi connectivity index (χ0) is 13.0. The van der Waals surface area contributed by atoms with Gasteiger partial charge in [-0.3, -0.25) is 4.79 Å². The van der Waals surface area contributed by atoms with Gasteiger partial charge < -0.3 is 15.1 Å². The van der Waals surface area contributed by atoms with E-state index >= 15 is 0 Å². The number of likely N-dealkylation sites (tertiary alicyclic amines) is 1. The van der Waals surface area contributed by atoms with E-state index in [-0.39, 0.29) is 5.91 Å². The molecule has 1 aliphatic heterocycles. The van der Waals surface area contributed by atoms with Crippen molar-refractivity contribution in [2.75, 3.05) is 33.7 Å². The lowest BCUT2D eigenvalue weighted by Gasteiger charge is -2.22. The third kappa shape index (κ3) is 3.96. The molecular weight excluding hydrogens is 214 g/mol. The van der Waals surface area contributed by atoms with Gasteiger partial charge in [-0.15, -0.1) is 0 Å². The van der Waals surface area contributed by atoms with E-state index in [9.17, 15) is 4.79 Å². The molecule has 0 radical (unpaired) electrons. The van der Waals surface area contributed by atoms with Crippen LogP contribution in [0.4, 0.5) is 0 Å². The second-order valence-corrected chi connectivity index (χ2v) is 5.50. The molecule has 1 rings (SSSR count). The van der Waals surface area contributed by atoms with Crippen LogP contribution in [-0.2, 0) is 4.79 Å². The number of hydrogen-bond donors (Lipinski definition) is 1. The van der Waals surface area contributed by atoms with Crippen molar-refractivity contribution in [3.05, 3.63) is 0 Å². The van der Waals surface area contributed by atoms with E-state index < -0.39 is 0 Å². The van der Waals surface area contributed by atoms with Crippen LogP contribution in [0.1, 0.15) is 27.2 Å². The molecule has 0 aromatic rings. The minimum Gasteiger partial charge on any atom is -0.340 e. The molecular formula is C13H27N3O. The third-order valence-corrected chi connectivity index (χ3v) is 3.80. The number of nitrogens with one attached hydrogen (secondary N) is 1. The normalized spacial score (nSPS) is 26.6. The number of likely N-dealkylation sites (N-methyl/N-ethyl adjacent to an activating group) is 1. The molecule has 100 valence electrons. The quantitative estimate of drug-likeness (QED) is 0.773. The standard InChI is InChI=1S/C13H27N3O/c1-6-11(3)14-7-13(17)16-8-10(2)12(9-16)15(4)5/h10-12,14H,6-9H2,1-5H3. The van der Waals surface area contributed by atoms with Crippen LogP contribution in [0, 0.1) is 5.92 Å². The Morgan fingerprint density at radius 1 is 1.47 bits per heavy atom. The molecule has 1 heterocycles. The Kier molecular flexibility index (Phi) is 5.40. The SMILES string of the molecule is CCC(C)NCC(=O)N1CC(C)C(N(C)C)C1. The first kappa shape index (κ1) is 14.5. The van der Waals surface area contributed by atoms with Crippen molar-refractivity contribution in [3.8, 4) is 0 Å². The average molecular weight is 241 g/mol. The molecule has 1 aliphatic rings. The Labute approximate surface area is 105 Å². The summed E-state index contributed by atoms with van der Waals surface area (Å²) >= 11 is 0. The van der Waals surface area contributed by atoms with E-state index in [2.05, 4.69) is 45.1 Å². The first-order valence-corrected chi connectivity index (χ1v) is 6.63. The molecule has 4 heteroatoms. The Bertz CT molecular complexity index is 255. The van der Waals surface area contributed by atoms with Gasteiger partial charge in [-0.1, -0.05) is 13.8 Å². The Morgan fingerprint density at radius 2 is 2.12 bits per heavy atom. The Balaban J connectivity index is 2.39. The molecule has 4 nitrogen and oxygen atoms in total. The number of rotatable bonds is 5. The van der Waals surface area contributed by atoms with Gasteiger partial charge in [-0.25, -0.2) is 0 Å². The summed E-state index contributed by atoms with van der Waals surface area (Å²) in [5.74, 6) is 0.805. The van der Waals surface area contributed by atoms with Gasteiger partial charge in [0.25, 0.3) is 0 Å². The monoisotopic (exact) mass is 241 g/mol. The summed E-state index contributed by atoms with van der Waals surface area (Å²) in [6.45, 7) is 8.70. The van der Waals surface area contributed by atoms with E-state index in [4.69, 9.17) is 0 Å². The summed E-state index contributed by atoms with van der Waals surface area (Å²) in [6, 6.07) is 0.922. The maximum atomic E-state index is 12.0. The summed E-state index contributed by atoms with van der Waals surface area (Å²) in [5, 5.41) is 3.26. The lowest BCUT2D eigenvalue weighted by atomic mass is 10.1. The first-order chi connectivity index (χ1) is 7.95. The van der Waals surface area contributed by atoms with Crippen molar-refractivity contribution in [1.82, 2.24) is 15.1 Å². The highest BCUT2D eigenvalue weighted by molar-refractivity contribution is 5.78. The summed E-state index contributed by atoms with van der Waals surface area (Å²) in [7, 11) is 4.18. The van der Waals surface area contributed by atoms with Crippen molar-refractivity contribution >= 4 is 5.91 Å². The van der Waals surface area contributed by atoms with Gasteiger partial charge in [0.05, 0.1) is 6.54 Å². The van der Waals surface area contributed by atoms with Crippen LogP contribution in [0.5, 0.6) is 0 Å². The fourth-order valence-corrected chi connectivity index (χ4v) is 2.34. The van der Waals surface area contributed by atoms with Gasteiger partial charge in [0, 0.05) is 25.2 Å². The minimum atomic E-state index is 0.238. The molecule has 0 spiro atoms. The van der Waals surface area contributed by atoms with Crippen molar-refractivity contribution in [1.29, 1.82) is 0 Å². The lowest BCUT2D eigenvalue weighted by molar-refractivity contribution is -0.129. The van der Waals surface area contributed by atoms with Crippen molar-refractivity contribution in [2.45, 2.75) is 39.3 Å². The van der Waals surface area contributed by atoms with Gasteiger partial charge >= 0.3 is 0 Å². The molecule has 1 N–H and O–H groups in total. The lowest BCUT2D eigenvalue weighted by Crippen LogP contribution is -2.41. The van der Waals surface area contributed by atoms with Crippen molar-refractivity contribution < 1.29 is 4.79 Å². The van der Waals surface area contributed by atoms with Crippen LogP contribution in [0.2, 0.25) is 0 Å². The predicted octanol–water partition coefficient (Wildman–Crippen LogP) is 0.783. The first-order valence-electron chi connectivity index (χ1n) is 6.63. The van der Waals surface area contributed by atoms with Crippen LogP contribution >= 0.6 is 0 Å². The van der Waals surface area contributed by atoms with Gasteiger partial charge in [0.15, 0.2) is 0 Å². The van der Waals surface area contributed by atoms with Gasteiger partial charge in [-0.05, 0) is 33.4 Å². The zero-order valence-electron chi connectivity index (χ0n) is 11.9. The maximum absolute atomic E-state index is 12.0. The molecule has 0 saturated carbocycles.